The monoisotopic (exact) mass is 1110 g/mol. The molecule has 0 rings (SSSR count). The molecular weight excluding hydrogens is 985 g/mol. The number of hydrogen-bond donors (Lipinski definition) is 0. The van der Waals surface area contributed by atoms with Gasteiger partial charge in [-0.1, -0.05) is 318 Å². The highest BCUT2D eigenvalue weighted by Gasteiger charge is 2.19. The molecule has 80 heavy (non-hydrogen) atoms. The SMILES string of the molecule is CC/C=C\C/C=C\C/C=C\C/C=C\C/C=C\CCCCCCCCCCCC(=O)OCC(COC(=O)CCCCCCCCCCCCCCCC)OC(=O)CCCCCCCCCCCCC/C=C\C/C=C\CCCCCCC. The van der Waals surface area contributed by atoms with Gasteiger partial charge in [0.2, 0.25) is 0 Å². The number of ether oxygens (including phenoxy) is 3. The lowest BCUT2D eigenvalue weighted by Gasteiger charge is -2.18. The predicted molar refractivity (Wildman–Crippen MR) is 348 cm³/mol. The third kappa shape index (κ3) is 65.4. The van der Waals surface area contributed by atoms with Gasteiger partial charge < -0.3 is 14.2 Å². The maximum Gasteiger partial charge on any atom is 0.306 e. The van der Waals surface area contributed by atoms with Gasteiger partial charge >= 0.3 is 17.9 Å². The van der Waals surface area contributed by atoms with Crippen LogP contribution >= 0.6 is 0 Å². The molecule has 0 bridgehead atoms. The number of hydrogen-bond acceptors (Lipinski definition) is 6. The summed E-state index contributed by atoms with van der Waals surface area (Å²) in [6.07, 6.45) is 90.2. The molecule has 0 aromatic heterocycles. The second kappa shape index (κ2) is 68.1. The number of esters is 3. The summed E-state index contributed by atoms with van der Waals surface area (Å²) >= 11 is 0. The molecule has 0 amide bonds. The second-order valence-electron chi connectivity index (χ2n) is 23.1. The van der Waals surface area contributed by atoms with E-state index in [9.17, 15) is 14.4 Å². The maximum absolute atomic E-state index is 13.0. The molecule has 0 N–H and O–H groups in total. The molecule has 0 saturated carbocycles. The van der Waals surface area contributed by atoms with Crippen molar-refractivity contribution in [2.45, 2.75) is 354 Å². The number of carbonyl (C=O) groups is 3. The maximum atomic E-state index is 13.0. The van der Waals surface area contributed by atoms with E-state index >= 15 is 0 Å². The van der Waals surface area contributed by atoms with Crippen molar-refractivity contribution in [3.05, 3.63) is 85.1 Å². The van der Waals surface area contributed by atoms with Crippen molar-refractivity contribution in [1.29, 1.82) is 0 Å². The summed E-state index contributed by atoms with van der Waals surface area (Å²) in [6.45, 7) is 6.56. The van der Waals surface area contributed by atoms with E-state index in [0.29, 0.717) is 19.3 Å². The molecule has 0 fully saturated rings. The first kappa shape index (κ1) is 76.6. The lowest BCUT2D eigenvalue weighted by Crippen LogP contribution is -2.30. The first-order valence-electron chi connectivity index (χ1n) is 34.6. The Hall–Kier alpha value is -3.41. The van der Waals surface area contributed by atoms with Crippen LogP contribution in [-0.2, 0) is 28.6 Å². The Bertz CT molecular complexity index is 1520. The molecule has 6 heteroatoms. The minimum Gasteiger partial charge on any atom is -0.462 e. The van der Waals surface area contributed by atoms with Gasteiger partial charge in [-0.05, 0) is 96.3 Å². The molecule has 1 unspecified atom stereocenters. The van der Waals surface area contributed by atoms with E-state index in [2.05, 4.69) is 106 Å². The third-order valence-electron chi connectivity index (χ3n) is 15.1. The molecule has 0 aromatic rings. The summed E-state index contributed by atoms with van der Waals surface area (Å²) in [5.41, 5.74) is 0. The van der Waals surface area contributed by atoms with Gasteiger partial charge in [0.1, 0.15) is 13.2 Å². The standard InChI is InChI=1S/C74H130O6/c1-4-7-10-13-16-19-22-25-28-30-32-34-36-37-39-40-42-44-46-49-52-55-58-61-64-67-73(76)79-70-71(69-78-72(75)66-63-60-57-54-51-48-27-24-21-18-15-12-9-6-3)80-74(77)68-65-62-59-56-53-50-47-45-43-41-38-35-33-31-29-26-23-20-17-14-11-8-5-2/h7,10,16,19,23,25-26,28,31-34,37,39,71H,4-6,8-9,11-15,17-18,20-22,24,27,29-30,35-36,38,40-70H2,1-3H3/b10-7-,19-16-,26-23-,28-25-,33-31-,34-32-,39-37-. The molecule has 0 spiro atoms. The number of unbranched alkanes of at least 4 members (excludes halogenated alkanes) is 38. The van der Waals surface area contributed by atoms with Crippen molar-refractivity contribution in [3.8, 4) is 0 Å². The number of carbonyl (C=O) groups excluding carboxylic acids is 3. The average Bonchev–Trinajstić information content (AvgIpc) is 3.46. The van der Waals surface area contributed by atoms with Gasteiger partial charge in [0.05, 0.1) is 0 Å². The van der Waals surface area contributed by atoms with Crippen molar-refractivity contribution in [3.63, 3.8) is 0 Å². The van der Waals surface area contributed by atoms with E-state index in [4.69, 9.17) is 14.2 Å². The van der Waals surface area contributed by atoms with Crippen molar-refractivity contribution in [2.24, 2.45) is 0 Å². The number of rotatable bonds is 63. The van der Waals surface area contributed by atoms with Crippen molar-refractivity contribution in [2.75, 3.05) is 13.2 Å². The normalized spacial score (nSPS) is 12.6. The molecule has 0 aliphatic carbocycles. The highest BCUT2D eigenvalue weighted by molar-refractivity contribution is 5.71. The summed E-state index contributed by atoms with van der Waals surface area (Å²) in [5, 5.41) is 0. The van der Waals surface area contributed by atoms with Crippen molar-refractivity contribution < 1.29 is 28.6 Å². The van der Waals surface area contributed by atoms with Gasteiger partial charge in [-0.3, -0.25) is 14.4 Å². The topological polar surface area (TPSA) is 78.9 Å². The van der Waals surface area contributed by atoms with E-state index in [1.54, 1.807) is 0 Å². The highest BCUT2D eigenvalue weighted by atomic mass is 16.6. The first-order chi connectivity index (χ1) is 39.5. The smallest absolute Gasteiger partial charge is 0.306 e. The van der Waals surface area contributed by atoms with Gasteiger partial charge in [0.15, 0.2) is 6.10 Å². The van der Waals surface area contributed by atoms with E-state index < -0.39 is 6.10 Å². The fourth-order valence-corrected chi connectivity index (χ4v) is 9.97. The van der Waals surface area contributed by atoms with Crippen LogP contribution in [0.3, 0.4) is 0 Å². The zero-order valence-corrected chi connectivity index (χ0v) is 53.1. The fraction of sp³-hybridized carbons (Fsp3) is 0.770. The minimum atomic E-state index is -0.780. The van der Waals surface area contributed by atoms with Gasteiger partial charge in [0.25, 0.3) is 0 Å². The Labute approximate surface area is 496 Å². The zero-order valence-electron chi connectivity index (χ0n) is 53.1. The summed E-state index contributed by atoms with van der Waals surface area (Å²) in [6, 6.07) is 0. The van der Waals surface area contributed by atoms with Gasteiger partial charge in [-0.2, -0.15) is 0 Å². The first-order valence-corrected chi connectivity index (χ1v) is 34.6. The van der Waals surface area contributed by atoms with Crippen molar-refractivity contribution >= 4 is 17.9 Å². The van der Waals surface area contributed by atoms with E-state index in [1.165, 1.54) is 205 Å². The van der Waals surface area contributed by atoms with Crippen LogP contribution in [0.2, 0.25) is 0 Å². The largest absolute Gasteiger partial charge is 0.462 e. The molecule has 0 saturated heterocycles. The van der Waals surface area contributed by atoms with Crippen LogP contribution in [0.25, 0.3) is 0 Å². The Morgan fingerprint density at radius 1 is 0.263 bits per heavy atom. The Balaban J connectivity index is 4.32. The zero-order chi connectivity index (χ0) is 57.8. The van der Waals surface area contributed by atoms with Crippen LogP contribution in [0.4, 0.5) is 0 Å². The van der Waals surface area contributed by atoms with E-state index in [0.717, 1.165) is 103 Å². The summed E-state index contributed by atoms with van der Waals surface area (Å²) < 4.78 is 17.0. The Morgan fingerprint density at radius 3 is 0.762 bits per heavy atom. The molecule has 462 valence electrons. The third-order valence-corrected chi connectivity index (χ3v) is 15.1. The molecule has 0 heterocycles. The molecule has 0 aromatic carbocycles. The van der Waals surface area contributed by atoms with E-state index in [-0.39, 0.29) is 31.1 Å². The second-order valence-corrected chi connectivity index (χ2v) is 23.1. The molecule has 0 aliphatic heterocycles. The molecule has 1 atom stereocenters. The number of allylic oxidation sites excluding steroid dienone is 14. The highest BCUT2D eigenvalue weighted by Crippen LogP contribution is 2.17. The van der Waals surface area contributed by atoms with Crippen LogP contribution in [-0.4, -0.2) is 37.2 Å². The Morgan fingerprint density at radius 2 is 0.487 bits per heavy atom. The molecule has 0 radical (unpaired) electrons. The quantitative estimate of drug-likeness (QED) is 0.0261. The lowest BCUT2D eigenvalue weighted by atomic mass is 10.0. The van der Waals surface area contributed by atoms with Gasteiger partial charge in [-0.15, -0.1) is 0 Å². The minimum absolute atomic E-state index is 0.0753. The lowest BCUT2D eigenvalue weighted by molar-refractivity contribution is -0.167. The average molecular weight is 1120 g/mol. The molecule has 6 nitrogen and oxygen atoms in total. The summed E-state index contributed by atoms with van der Waals surface area (Å²) in [4.78, 5) is 38.4. The van der Waals surface area contributed by atoms with Crippen LogP contribution in [0.5, 0.6) is 0 Å². The van der Waals surface area contributed by atoms with Crippen LogP contribution in [0.15, 0.2) is 85.1 Å². The van der Waals surface area contributed by atoms with Crippen LogP contribution in [0.1, 0.15) is 348 Å². The van der Waals surface area contributed by atoms with Gasteiger partial charge in [0, 0.05) is 19.3 Å². The van der Waals surface area contributed by atoms with Crippen LogP contribution < -0.4 is 0 Å². The fourth-order valence-electron chi connectivity index (χ4n) is 9.97. The molecule has 0 aliphatic rings. The van der Waals surface area contributed by atoms with Gasteiger partial charge in [-0.25, -0.2) is 0 Å². The van der Waals surface area contributed by atoms with E-state index in [1.807, 2.05) is 0 Å². The molecular formula is C74H130O6. The summed E-state index contributed by atoms with van der Waals surface area (Å²) in [5.74, 6) is -0.865. The van der Waals surface area contributed by atoms with Crippen molar-refractivity contribution in [1.82, 2.24) is 0 Å². The predicted octanol–water partition coefficient (Wildman–Crippen LogP) is 23.8. The summed E-state index contributed by atoms with van der Waals surface area (Å²) in [7, 11) is 0. The van der Waals surface area contributed by atoms with Crippen LogP contribution in [0, 0.1) is 0 Å². The Kier molecular flexibility index (Phi) is 65.2.